The fourth-order valence-electron chi connectivity index (χ4n) is 3.69. The van der Waals surface area contributed by atoms with Gasteiger partial charge in [0.15, 0.2) is 0 Å². The van der Waals surface area contributed by atoms with Gasteiger partial charge in [0.2, 0.25) is 0 Å². The Bertz CT molecular complexity index is 596. The smallest absolute Gasteiger partial charge is 0.354 e. The van der Waals surface area contributed by atoms with Crippen molar-refractivity contribution >= 4 is 11.9 Å². The molecule has 1 aliphatic carbocycles. The molecule has 0 radical (unpaired) electrons. The van der Waals surface area contributed by atoms with Crippen LogP contribution in [-0.2, 0) is 16.5 Å². The molecule has 2 aliphatic rings. The number of rotatable bonds is 2. The van der Waals surface area contributed by atoms with Crippen molar-refractivity contribution in [2.24, 2.45) is 7.05 Å². The van der Waals surface area contributed by atoms with Crippen LogP contribution in [0.4, 0.5) is 0 Å². The minimum Gasteiger partial charge on any atom is -0.464 e. The lowest BCUT2D eigenvalue weighted by atomic mass is 9.83. The summed E-state index contributed by atoms with van der Waals surface area (Å²) >= 11 is 0. The zero-order valence-electron chi connectivity index (χ0n) is 13.8. The molecule has 1 saturated heterocycles. The largest absolute Gasteiger partial charge is 0.464 e. The molecule has 1 spiro atoms. The Labute approximate surface area is 136 Å². The zero-order valence-corrected chi connectivity index (χ0v) is 13.8. The Balaban J connectivity index is 1.76. The maximum atomic E-state index is 12.8. The molecule has 2 fully saturated rings. The quantitative estimate of drug-likeness (QED) is 0.782. The van der Waals surface area contributed by atoms with Crippen molar-refractivity contribution in [3.05, 3.63) is 23.5 Å². The van der Waals surface area contributed by atoms with Crippen molar-refractivity contribution in [1.82, 2.24) is 9.47 Å². The average Bonchev–Trinajstić information content (AvgIpc) is 2.96. The van der Waals surface area contributed by atoms with E-state index in [2.05, 4.69) is 0 Å². The van der Waals surface area contributed by atoms with Gasteiger partial charge in [-0.3, -0.25) is 4.79 Å². The summed E-state index contributed by atoms with van der Waals surface area (Å²) in [4.78, 5) is 26.4. The molecule has 3 rings (SSSR count). The van der Waals surface area contributed by atoms with Gasteiger partial charge < -0.3 is 18.9 Å². The minimum atomic E-state index is -0.433. The fourth-order valence-corrected chi connectivity index (χ4v) is 3.69. The minimum absolute atomic E-state index is 0.0380. The number of hydrogen-bond acceptors (Lipinski definition) is 4. The first kappa shape index (κ1) is 16.1. The third-order valence-electron chi connectivity index (χ3n) is 4.95. The van der Waals surface area contributed by atoms with Crippen LogP contribution in [0, 0.1) is 0 Å². The highest BCUT2D eigenvalue weighted by Crippen LogP contribution is 2.34. The second-order valence-electron chi connectivity index (χ2n) is 6.54. The van der Waals surface area contributed by atoms with Gasteiger partial charge in [0.25, 0.3) is 5.91 Å². The van der Waals surface area contributed by atoms with Crippen molar-refractivity contribution in [3.63, 3.8) is 0 Å². The van der Waals surface area contributed by atoms with E-state index in [1.54, 1.807) is 23.9 Å². The summed E-state index contributed by atoms with van der Waals surface area (Å²) in [5.41, 5.74) is 0.754. The van der Waals surface area contributed by atoms with E-state index in [1.165, 1.54) is 26.4 Å². The summed E-state index contributed by atoms with van der Waals surface area (Å²) in [6.45, 7) is 1.83. The predicted molar refractivity (Wildman–Crippen MR) is 84.4 cm³/mol. The first-order valence-corrected chi connectivity index (χ1v) is 8.23. The van der Waals surface area contributed by atoms with Gasteiger partial charge in [0.05, 0.1) is 31.4 Å². The van der Waals surface area contributed by atoms with E-state index >= 15 is 0 Å². The van der Waals surface area contributed by atoms with Crippen LogP contribution in [0.5, 0.6) is 0 Å². The van der Waals surface area contributed by atoms with Crippen LogP contribution in [0.1, 0.15) is 53.0 Å². The summed E-state index contributed by atoms with van der Waals surface area (Å²) in [7, 11) is 3.08. The Hall–Kier alpha value is -1.82. The maximum Gasteiger partial charge on any atom is 0.354 e. The molecule has 126 valence electrons. The molecule has 6 heteroatoms. The van der Waals surface area contributed by atoms with E-state index in [0.29, 0.717) is 31.0 Å². The van der Waals surface area contributed by atoms with E-state index in [1.807, 2.05) is 4.90 Å². The topological polar surface area (TPSA) is 60.8 Å². The molecule has 2 heterocycles. The number of ether oxygens (including phenoxy) is 2. The number of hydrogen-bond donors (Lipinski definition) is 0. The first-order chi connectivity index (χ1) is 11.0. The second-order valence-corrected chi connectivity index (χ2v) is 6.54. The van der Waals surface area contributed by atoms with Crippen molar-refractivity contribution in [1.29, 1.82) is 0 Å². The maximum absolute atomic E-state index is 12.8. The molecule has 1 amide bonds. The molecule has 0 aromatic carbocycles. The first-order valence-electron chi connectivity index (χ1n) is 8.23. The predicted octanol–water partition coefficient (Wildman–Crippen LogP) is 1.99. The molecule has 1 saturated carbocycles. The summed E-state index contributed by atoms with van der Waals surface area (Å²) < 4.78 is 12.4. The van der Waals surface area contributed by atoms with Crippen molar-refractivity contribution in [3.8, 4) is 0 Å². The summed E-state index contributed by atoms with van der Waals surface area (Å²) in [6, 6.07) is 1.61. The van der Waals surface area contributed by atoms with Gasteiger partial charge in [-0.1, -0.05) is 19.3 Å². The molecule has 0 unspecified atom stereocenters. The third-order valence-corrected chi connectivity index (χ3v) is 4.95. The van der Waals surface area contributed by atoms with E-state index < -0.39 is 5.97 Å². The van der Waals surface area contributed by atoms with E-state index in [0.717, 1.165) is 12.8 Å². The Morgan fingerprint density at radius 2 is 2.00 bits per heavy atom. The number of nitrogens with zero attached hydrogens (tertiary/aromatic N) is 2. The fraction of sp³-hybridized carbons (Fsp3) is 0.647. The van der Waals surface area contributed by atoms with Gasteiger partial charge >= 0.3 is 5.97 Å². The number of esters is 1. The Morgan fingerprint density at radius 1 is 1.26 bits per heavy atom. The number of morpholine rings is 1. The molecule has 0 atom stereocenters. The molecule has 1 aromatic heterocycles. The molecule has 0 bridgehead atoms. The van der Waals surface area contributed by atoms with Crippen LogP contribution < -0.4 is 0 Å². The number of aromatic nitrogens is 1. The van der Waals surface area contributed by atoms with Crippen LogP contribution in [0.2, 0.25) is 0 Å². The number of amides is 1. The van der Waals surface area contributed by atoms with E-state index in [4.69, 9.17) is 9.47 Å². The number of carbonyl (C=O) groups is 2. The SMILES string of the molecule is COC(=O)c1cc(C(=O)N2CCOC3(CCCCC3)C2)cn1C. The highest BCUT2D eigenvalue weighted by Gasteiger charge is 2.39. The molecule has 1 aromatic rings. The van der Waals surface area contributed by atoms with Crippen molar-refractivity contribution in [2.45, 2.75) is 37.7 Å². The van der Waals surface area contributed by atoms with Gasteiger partial charge in [-0.2, -0.15) is 0 Å². The number of methoxy groups -OCH3 is 1. The van der Waals surface area contributed by atoms with Gasteiger partial charge in [-0.05, 0) is 18.9 Å². The zero-order chi connectivity index (χ0) is 16.4. The second kappa shape index (κ2) is 6.35. The molecule has 0 N–H and O–H groups in total. The average molecular weight is 320 g/mol. The lowest BCUT2D eigenvalue weighted by Gasteiger charge is -2.45. The molecule has 1 aliphatic heterocycles. The Kier molecular flexibility index (Phi) is 4.43. The van der Waals surface area contributed by atoms with Gasteiger partial charge in [0.1, 0.15) is 5.69 Å². The number of carbonyl (C=O) groups excluding carboxylic acids is 2. The highest BCUT2D eigenvalue weighted by molar-refractivity contribution is 5.97. The van der Waals surface area contributed by atoms with Crippen LogP contribution >= 0.6 is 0 Å². The van der Waals surface area contributed by atoms with E-state index in [9.17, 15) is 9.59 Å². The summed E-state index contributed by atoms with van der Waals surface area (Å²) in [5.74, 6) is -0.471. The molecule has 6 nitrogen and oxygen atoms in total. The van der Waals surface area contributed by atoms with Crippen LogP contribution in [0.25, 0.3) is 0 Å². The van der Waals surface area contributed by atoms with Gasteiger partial charge in [-0.25, -0.2) is 4.79 Å². The van der Waals surface area contributed by atoms with Crippen LogP contribution in [0.15, 0.2) is 12.3 Å². The standard InChI is InChI=1S/C17H24N2O4/c1-18-11-13(10-14(18)16(21)22-2)15(20)19-8-9-23-17(12-19)6-4-3-5-7-17/h10-11H,3-9,12H2,1-2H3. The van der Waals surface area contributed by atoms with Crippen molar-refractivity contribution in [2.75, 3.05) is 26.8 Å². The monoisotopic (exact) mass is 320 g/mol. The molecular formula is C17H24N2O4. The molecular weight excluding hydrogens is 296 g/mol. The lowest BCUT2D eigenvalue weighted by molar-refractivity contribution is -0.117. The highest BCUT2D eigenvalue weighted by atomic mass is 16.5. The summed E-state index contributed by atoms with van der Waals surface area (Å²) in [6.07, 6.45) is 7.33. The van der Waals surface area contributed by atoms with Crippen LogP contribution in [-0.4, -0.2) is 53.8 Å². The third kappa shape index (κ3) is 3.13. The van der Waals surface area contributed by atoms with Gasteiger partial charge in [0, 0.05) is 19.8 Å². The van der Waals surface area contributed by atoms with Crippen LogP contribution in [0.3, 0.4) is 0 Å². The Morgan fingerprint density at radius 3 is 2.70 bits per heavy atom. The van der Waals surface area contributed by atoms with Crippen molar-refractivity contribution < 1.29 is 19.1 Å². The molecule has 23 heavy (non-hydrogen) atoms. The number of aryl methyl sites for hydroxylation is 1. The lowest BCUT2D eigenvalue weighted by Crippen LogP contribution is -2.54. The van der Waals surface area contributed by atoms with Gasteiger partial charge in [-0.15, -0.1) is 0 Å². The normalized spacial score (nSPS) is 20.5. The summed E-state index contributed by atoms with van der Waals surface area (Å²) in [5, 5.41) is 0. The van der Waals surface area contributed by atoms with E-state index in [-0.39, 0.29) is 11.5 Å².